The highest BCUT2D eigenvalue weighted by atomic mass is 31.0. The molecule has 1 fully saturated rings. The lowest BCUT2D eigenvalue weighted by molar-refractivity contribution is -0.109. The molecule has 2 nitrogen and oxygen atoms in total. The van der Waals surface area contributed by atoms with Gasteiger partial charge in [0.2, 0.25) is 0 Å². The number of hydrogen-bond donors (Lipinski definition) is 1. The van der Waals surface area contributed by atoms with E-state index in [9.17, 15) is 4.79 Å². The van der Waals surface area contributed by atoms with Gasteiger partial charge in [-0.1, -0.05) is 23.2 Å². The van der Waals surface area contributed by atoms with Crippen LogP contribution in [0.2, 0.25) is 0 Å². The van der Waals surface area contributed by atoms with Crippen LogP contribution >= 0.6 is 9.39 Å². The Morgan fingerprint density at radius 2 is 2.30 bits per heavy atom. The molecule has 0 spiro atoms. The Kier molecular flexibility index (Phi) is 2.12. The summed E-state index contributed by atoms with van der Waals surface area (Å²) in [5.74, 6) is 0.822. The van der Waals surface area contributed by atoms with Crippen molar-refractivity contribution in [3.8, 4) is 0 Å². The average molecular weight is 159 g/mol. The van der Waals surface area contributed by atoms with Gasteiger partial charge in [0, 0.05) is 12.5 Å². The third kappa shape index (κ3) is 1.11. The third-order valence-electron chi connectivity index (χ3n) is 2.62. The van der Waals surface area contributed by atoms with Gasteiger partial charge in [-0.15, -0.1) is 0 Å². The molecule has 1 rings (SSSR count). The Hall–Kier alpha value is 0.0600. The standard InChI is InChI=1S/C7H14NOP/c1-7(2)5(3-8-10)6(7)4-9/h4-6,8H,3,10H2,1-2H3/t5?,6-/m1/s1. The van der Waals surface area contributed by atoms with Crippen LogP contribution in [0.25, 0.3) is 0 Å². The zero-order valence-corrected chi connectivity index (χ0v) is 7.58. The number of nitrogens with one attached hydrogen (secondary N) is 1. The smallest absolute Gasteiger partial charge is 0.123 e. The van der Waals surface area contributed by atoms with E-state index >= 15 is 0 Å². The maximum absolute atomic E-state index is 10.4. The van der Waals surface area contributed by atoms with Gasteiger partial charge in [0.05, 0.1) is 0 Å². The molecule has 58 valence electrons. The lowest BCUT2D eigenvalue weighted by Crippen LogP contribution is -2.06. The molecule has 0 saturated heterocycles. The molecule has 0 aromatic rings. The zero-order chi connectivity index (χ0) is 7.78. The van der Waals surface area contributed by atoms with Crippen LogP contribution in [0, 0.1) is 17.3 Å². The van der Waals surface area contributed by atoms with Crippen LogP contribution in [0.3, 0.4) is 0 Å². The Morgan fingerprint density at radius 3 is 2.60 bits per heavy atom. The topological polar surface area (TPSA) is 29.1 Å². The van der Waals surface area contributed by atoms with Gasteiger partial charge in [-0.2, -0.15) is 0 Å². The first kappa shape index (κ1) is 8.16. The molecule has 0 heterocycles. The Balaban J connectivity index is 2.44. The van der Waals surface area contributed by atoms with Crippen LogP contribution in [0.4, 0.5) is 0 Å². The van der Waals surface area contributed by atoms with Gasteiger partial charge in [0.25, 0.3) is 0 Å². The minimum absolute atomic E-state index is 0.241. The summed E-state index contributed by atoms with van der Waals surface area (Å²) in [7, 11) is 2.46. The lowest BCUT2D eigenvalue weighted by atomic mass is 10.1. The van der Waals surface area contributed by atoms with Gasteiger partial charge >= 0.3 is 0 Å². The first-order valence-electron chi connectivity index (χ1n) is 3.53. The second kappa shape index (κ2) is 2.60. The summed E-state index contributed by atoms with van der Waals surface area (Å²) in [5, 5.41) is 3.01. The van der Waals surface area contributed by atoms with Crippen molar-refractivity contribution < 1.29 is 4.79 Å². The lowest BCUT2D eigenvalue weighted by Gasteiger charge is -1.99. The summed E-state index contributed by atoms with van der Waals surface area (Å²) in [5.41, 5.74) is 0.241. The molecule has 1 aliphatic rings. The van der Waals surface area contributed by atoms with E-state index in [0.717, 1.165) is 12.8 Å². The van der Waals surface area contributed by atoms with Crippen molar-refractivity contribution in [3.63, 3.8) is 0 Å². The summed E-state index contributed by atoms with van der Waals surface area (Å²) in [4.78, 5) is 10.4. The van der Waals surface area contributed by atoms with Crippen molar-refractivity contribution in [1.29, 1.82) is 0 Å². The van der Waals surface area contributed by atoms with E-state index in [4.69, 9.17) is 0 Å². The van der Waals surface area contributed by atoms with Crippen LogP contribution in [-0.2, 0) is 4.79 Å². The summed E-state index contributed by atoms with van der Waals surface area (Å²) in [6, 6.07) is 0. The highest BCUT2D eigenvalue weighted by molar-refractivity contribution is 7.13. The molecule has 1 saturated carbocycles. The highest BCUT2D eigenvalue weighted by Crippen LogP contribution is 2.56. The minimum Gasteiger partial charge on any atom is -0.303 e. The van der Waals surface area contributed by atoms with Crippen LogP contribution in [0.5, 0.6) is 0 Å². The molecule has 10 heavy (non-hydrogen) atoms. The van der Waals surface area contributed by atoms with E-state index in [1.54, 1.807) is 0 Å². The summed E-state index contributed by atoms with van der Waals surface area (Å²) >= 11 is 0. The monoisotopic (exact) mass is 159 g/mol. The fourth-order valence-corrected chi connectivity index (χ4v) is 1.83. The molecule has 3 heteroatoms. The highest BCUT2D eigenvalue weighted by Gasteiger charge is 2.56. The van der Waals surface area contributed by atoms with Crippen molar-refractivity contribution in [3.05, 3.63) is 0 Å². The van der Waals surface area contributed by atoms with Gasteiger partial charge in [-0.3, -0.25) is 0 Å². The van der Waals surface area contributed by atoms with E-state index < -0.39 is 0 Å². The van der Waals surface area contributed by atoms with E-state index in [1.807, 2.05) is 0 Å². The summed E-state index contributed by atoms with van der Waals surface area (Å²) in [6.07, 6.45) is 1.08. The van der Waals surface area contributed by atoms with E-state index in [0.29, 0.717) is 5.92 Å². The SMILES string of the molecule is CC1(C)C(CNP)[C@H]1C=O. The number of carbonyl (C=O) groups is 1. The van der Waals surface area contributed by atoms with Crippen molar-refractivity contribution in [1.82, 2.24) is 5.09 Å². The molecule has 0 radical (unpaired) electrons. The van der Waals surface area contributed by atoms with Crippen molar-refractivity contribution in [2.45, 2.75) is 13.8 Å². The number of carbonyl (C=O) groups excluding carboxylic acids is 1. The fourth-order valence-electron chi connectivity index (χ4n) is 1.57. The van der Waals surface area contributed by atoms with Crippen LogP contribution in [-0.4, -0.2) is 12.8 Å². The van der Waals surface area contributed by atoms with E-state index in [2.05, 4.69) is 28.3 Å². The molecule has 3 atom stereocenters. The normalized spacial score (nSPS) is 35.5. The van der Waals surface area contributed by atoms with Crippen LogP contribution in [0.1, 0.15) is 13.8 Å². The molecule has 0 aromatic heterocycles. The molecule has 0 aliphatic heterocycles. The maximum atomic E-state index is 10.4. The first-order valence-corrected chi connectivity index (χ1v) is 4.11. The Bertz CT molecular complexity index is 147. The first-order chi connectivity index (χ1) is 4.64. The van der Waals surface area contributed by atoms with E-state index in [1.165, 1.54) is 0 Å². The Labute approximate surface area is 64.0 Å². The van der Waals surface area contributed by atoms with Gasteiger partial charge < -0.3 is 9.88 Å². The van der Waals surface area contributed by atoms with Crippen LogP contribution in [0.15, 0.2) is 0 Å². The largest absolute Gasteiger partial charge is 0.303 e. The molecule has 2 unspecified atom stereocenters. The van der Waals surface area contributed by atoms with Gasteiger partial charge in [0.1, 0.15) is 6.29 Å². The molecule has 1 aliphatic carbocycles. The van der Waals surface area contributed by atoms with Gasteiger partial charge in [-0.05, 0) is 11.3 Å². The minimum atomic E-state index is 0.241. The molecule has 1 N–H and O–H groups in total. The molecule has 0 amide bonds. The van der Waals surface area contributed by atoms with Crippen LogP contribution < -0.4 is 5.09 Å². The van der Waals surface area contributed by atoms with Gasteiger partial charge in [-0.25, -0.2) is 0 Å². The Morgan fingerprint density at radius 1 is 1.70 bits per heavy atom. The second-order valence-electron chi connectivity index (χ2n) is 3.50. The van der Waals surface area contributed by atoms with E-state index in [-0.39, 0.29) is 11.3 Å². The molecule has 0 aromatic carbocycles. The molecule has 0 bridgehead atoms. The van der Waals surface area contributed by atoms with Crippen molar-refractivity contribution >= 4 is 15.7 Å². The zero-order valence-electron chi connectivity index (χ0n) is 6.42. The maximum Gasteiger partial charge on any atom is 0.123 e. The molecular weight excluding hydrogens is 145 g/mol. The average Bonchev–Trinajstić information content (AvgIpc) is 2.36. The molecular formula is C7H14NOP. The number of aldehydes is 1. The second-order valence-corrected chi connectivity index (χ2v) is 3.91. The third-order valence-corrected chi connectivity index (χ3v) is 2.86. The summed E-state index contributed by atoms with van der Waals surface area (Å²) < 4.78 is 0. The van der Waals surface area contributed by atoms with Gasteiger partial charge in [0.15, 0.2) is 0 Å². The number of rotatable bonds is 3. The summed E-state index contributed by atoms with van der Waals surface area (Å²) in [6.45, 7) is 5.21. The number of hydrogen-bond acceptors (Lipinski definition) is 2. The van der Waals surface area contributed by atoms with Crippen molar-refractivity contribution in [2.24, 2.45) is 17.3 Å². The van der Waals surface area contributed by atoms with Crippen molar-refractivity contribution in [2.75, 3.05) is 6.54 Å². The quantitative estimate of drug-likeness (QED) is 0.488. The fraction of sp³-hybridized carbons (Fsp3) is 0.857. The predicted molar refractivity (Wildman–Crippen MR) is 44.5 cm³/mol. The predicted octanol–water partition coefficient (Wildman–Crippen LogP) is 0.837.